The molecule has 0 amide bonds. The summed E-state index contributed by atoms with van der Waals surface area (Å²) in [6.07, 6.45) is 8.03. The van der Waals surface area contributed by atoms with Crippen LogP contribution in [0.3, 0.4) is 0 Å². The fourth-order valence-electron chi connectivity index (χ4n) is 2.55. The first-order valence-electron chi connectivity index (χ1n) is 5.57. The molecule has 0 aliphatic heterocycles. The predicted octanol–water partition coefficient (Wildman–Crippen LogP) is 1.63. The molecule has 0 spiro atoms. The van der Waals surface area contributed by atoms with Crippen LogP contribution in [-0.2, 0) is 0 Å². The fourth-order valence-corrected chi connectivity index (χ4v) is 2.55. The maximum Gasteiger partial charge on any atom is 0.0499 e. The molecule has 2 aliphatic carbocycles. The Labute approximate surface area is 80.9 Å². The minimum absolute atomic E-state index is 0.303. The summed E-state index contributed by atoms with van der Waals surface area (Å²) in [7, 11) is 2.23. The van der Waals surface area contributed by atoms with Crippen LogP contribution in [-0.4, -0.2) is 36.2 Å². The van der Waals surface area contributed by atoms with E-state index in [9.17, 15) is 5.11 Å². The van der Waals surface area contributed by atoms with Crippen molar-refractivity contribution in [2.75, 3.05) is 20.2 Å². The molecule has 2 nitrogen and oxygen atoms in total. The largest absolute Gasteiger partial charge is 0.396 e. The van der Waals surface area contributed by atoms with Gasteiger partial charge in [0.15, 0.2) is 0 Å². The Morgan fingerprint density at radius 2 is 1.92 bits per heavy atom. The number of rotatable bonds is 4. The summed E-state index contributed by atoms with van der Waals surface area (Å²) in [4.78, 5) is 2.48. The number of hydrogen-bond donors (Lipinski definition) is 1. The molecule has 13 heavy (non-hydrogen) atoms. The Morgan fingerprint density at radius 3 is 2.38 bits per heavy atom. The summed E-state index contributed by atoms with van der Waals surface area (Å²) in [6.45, 7) is 1.51. The number of nitrogens with zero attached hydrogens (tertiary/aromatic N) is 1. The lowest BCUT2D eigenvalue weighted by molar-refractivity contribution is 0.139. The minimum Gasteiger partial charge on any atom is -0.396 e. The lowest BCUT2D eigenvalue weighted by Crippen LogP contribution is -2.35. The van der Waals surface area contributed by atoms with Crippen molar-refractivity contribution in [3.63, 3.8) is 0 Å². The predicted molar refractivity (Wildman–Crippen MR) is 53.6 cm³/mol. The third-order valence-corrected chi connectivity index (χ3v) is 3.83. The van der Waals surface area contributed by atoms with Crippen LogP contribution in [0.1, 0.15) is 38.5 Å². The first-order chi connectivity index (χ1) is 6.26. The van der Waals surface area contributed by atoms with E-state index in [0.717, 1.165) is 12.6 Å². The van der Waals surface area contributed by atoms with Gasteiger partial charge in [-0.25, -0.2) is 0 Å². The van der Waals surface area contributed by atoms with E-state index in [-0.39, 0.29) is 0 Å². The Balaban J connectivity index is 1.80. The van der Waals surface area contributed by atoms with Gasteiger partial charge in [0.1, 0.15) is 0 Å². The molecule has 0 heterocycles. The monoisotopic (exact) mass is 183 g/mol. The minimum atomic E-state index is 0.303. The molecule has 0 aromatic carbocycles. The summed E-state index contributed by atoms with van der Waals surface area (Å²) in [5, 5.41) is 9.22. The highest BCUT2D eigenvalue weighted by atomic mass is 16.3. The summed E-state index contributed by atoms with van der Waals surface area (Å²) in [5.74, 6) is 0. The Hall–Kier alpha value is -0.0800. The SMILES string of the molecule is CN(CC1(CO)CC1)C1CCCC1. The number of aliphatic hydroxyl groups excluding tert-OH is 1. The third-order valence-electron chi connectivity index (χ3n) is 3.83. The second kappa shape index (κ2) is 3.58. The molecule has 1 N–H and O–H groups in total. The molecule has 0 radical (unpaired) electrons. The van der Waals surface area contributed by atoms with Crippen molar-refractivity contribution < 1.29 is 5.11 Å². The molecule has 0 bridgehead atoms. The highest BCUT2D eigenvalue weighted by Crippen LogP contribution is 2.46. The van der Waals surface area contributed by atoms with Crippen LogP contribution in [0.15, 0.2) is 0 Å². The van der Waals surface area contributed by atoms with Gasteiger partial charge in [-0.15, -0.1) is 0 Å². The van der Waals surface area contributed by atoms with Gasteiger partial charge >= 0.3 is 0 Å². The van der Waals surface area contributed by atoms with Gasteiger partial charge in [0.2, 0.25) is 0 Å². The molecule has 76 valence electrons. The van der Waals surface area contributed by atoms with E-state index in [4.69, 9.17) is 0 Å². The molecule has 0 atom stereocenters. The zero-order chi connectivity index (χ0) is 9.31. The second-order valence-corrected chi connectivity index (χ2v) is 5.01. The van der Waals surface area contributed by atoms with Gasteiger partial charge in [-0.3, -0.25) is 0 Å². The van der Waals surface area contributed by atoms with Crippen molar-refractivity contribution in [3.8, 4) is 0 Å². The van der Waals surface area contributed by atoms with Crippen LogP contribution >= 0.6 is 0 Å². The standard InChI is InChI=1S/C11H21NO/c1-12(10-4-2-3-5-10)8-11(9-13)6-7-11/h10,13H,2-9H2,1H3. The van der Waals surface area contributed by atoms with E-state index in [1.165, 1.54) is 38.5 Å². The van der Waals surface area contributed by atoms with Crippen LogP contribution in [0.4, 0.5) is 0 Å². The van der Waals surface area contributed by atoms with E-state index in [1.807, 2.05) is 0 Å². The highest BCUT2D eigenvalue weighted by molar-refractivity contribution is 4.95. The molecule has 0 unspecified atom stereocenters. The molecule has 2 saturated carbocycles. The molecule has 0 saturated heterocycles. The summed E-state index contributed by atoms with van der Waals surface area (Å²) in [6, 6.07) is 0.809. The highest BCUT2D eigenvalue weighted by Gasteiger charge is 2.43. The fraction of sp³-hybridized carbons (Fsp3) is 1.00. The van der Waals surface area contributed by atoms with Gasteiger partial charge in [0, 0.05) is 24.6 Å². The third kappa shape index (κ3) is 2.05. The van der Waals surface area contributed by atoms with Crippen LogP contribution < -0.4 is 0 Å². The second-order valence-electron chi connectivity index (χ2n) is 5.01. The van der Waals surface area contributed by atoms with Crippen LogP contribution in [0.2, 0.25) is 0 Å². The van der Waals surface area contributed by atoms with Gasteiger partial charge in [0.05, 0.1) is 0 Å². The van der Waals surface area contributed by atoms with Crippen molar-refractivity contribution in [3.05, 3.63) is 0 Å². The first kappa shape index (κ1) is 9.47. The first-order valence-corrected chi connectivity index (χ1v) is 5.57. The average Bonchev–Trinajstić information content (AvgIpc) is 2.69. The van der Waals surface area contributed by atoms with Crippen molar-refractivity contribution in [1.82, 2.24) is 4.90 Å². The lowest BCUT2D eigenvalue weighted by Gasteiger charge is -2.27. The van der Waals surface area contributed by atoms with E-state index >= 15 is 0 Å². The Bertz CT molecular complexity index is 171. The topological polar surface area (TPSA) is 23.5 Å². The zero-order valence-corrected chi connectivity index (χ0v) is 8.63. The van der Waals surface area contributed by atoms with Gasteiger partial charge < -0.3 is 10.0 Å². The number of aliphatic hydroxyl groups is 1. The quantitative estimate of drug-likeness (QED) is 0.716. The normalized spacial score (nSPS) is 27.0. The van der Waals surface area contributed by atoms with Gasteiger partial charge in [-0.2, -0.15) is 0 Å². The molecule has 2 fully saturated rings. The molecule has 2 heteroatoms. The maximum absolute atomic E-state index is 9.22. The van der Waals surface area contributed by atoms with E-state index in [1.54, 1.807) is 0 Å². The molecular weight excluding hydrogens is 162 g/mol. The van der Waals surface area contributed by atoms with Gasteiger partial charge in [-0.1, -0.05) is 12.8 Å². The average molecular weight is 183 g/mol. The Morgan fingerprint density at radius 1 is 1.31 bits per heavy atom. The smallest absolute Gasteiger partial charge is 0.0499 e. The lowest BCUT2D eigenvalue weighted by atomic mass is 10.1. The molecule has 2 rings (SSSR count). The van der Waals surface area contributed by atoms with E-state index < -0.39 is 0 Å². The summed E-state index contributed by atoms with van der Waals surface area (Å²) >= 11 is 0. The molecule has 2 aliphatic rings. The van der Waals surface area contributed by atoms with Crippen molar-refractivity contribution in [2.45, 2.75) is 44.6 Å². The molecular formula is C11H21NO. The van der Waals surface area contributed by atoms with Crippen LogP contribution in [0, 0.1) is 5.41 Å². The van der Waals surface area contributed by atoms with E-state index in [2.05, 4.69) is 11.9 Å². The van der Waals surface area contributed by atoms with Crippen molar-refractivity contribution in [2.24, 2.45) is 5.41 Å². The number of hydrogen-bond acceptors (Lipinski definition) is 2. The van der Waals surface area contributed by atoms with Crippen molar-refractivity contribution >= 4 is 0 Å². The Kier molecular flexibility index (Phi) is 2.61. The molecule has 0 aromatic rings. The van der Waals surface area contributed by atoms with Gasteiger partial charge in [-0.05, 0) is 32.7 Å². The zero-order valence-electron chi connectivity index (χ0n) is 8.63. The van der Waals surface area contributed by atoms with Crippen LogP contribution in [0.5, 0.6) is 0 Å². The van der Waals surface area contributed by atoms with Crippen molar-refractivity contribution in [1.29, 1.82) is 0 Å². The molecule has 0 aromatic heterocycles. The van der Waals surface area contributed by atoms with Gasteiger partial charge in [0.25, 0.3) is 0 Å². The summed E-state index contributed by atoms with van der Waals surface area (Å²) < 4.78 is 0. The van der Waals surface area contributed by atoms with Crippen LogP contribution in [0.25, 0.3) is 0 Å². The van der Waals surface area contributed by atoms with E-state index in [0.29, 0.717) is 12.0 Å². The summed E-state index contributed by atoms with van der Waals surface area (Å²) in [5.41, 5.74) is 0.303. The maximum atomic E-state index is 9.22.